The van der Waals surface area contributed by atoms with Crippen LogP contribution in [0.2, 0.25) is 5.02 Å². The van der Waals surface area contributed by atoms with Gasteiger partial charge in [0.2, 0.25) is 0 Å². The van der Waals surface area contributed by atoms with Crippen LogP contribution in [0.5, 0.6) is 17.2 Å². The lowest BCUT2D eigenvalue weighted by atomic mass is 10.2. The van der Waals surface area contributed by atoms with Crippen molar-refractivity contribution in [2.75, 3.05) is 26.3 Å². The number of aliphatic hydroxyl groups excluding tert-OH is 1. The Balaban J connectivity index is 1.61. The summed E-state index contributed by atoms with van der Waals surface area (Å²) in [5.74, 6) is -4.37. The van der Waals surface area contributed by atoms with Crippen LogP contribution in [0.4, 0.5) is 22.0 Å². The van der Waals surface area contributed by atoms with Gasteiger partial charge in [-0.15, -0.1) is 13.2 Å². The van der Waals surface area contributed by atoms with Crippen molar-refractivity contribution >= 4 is 23.4 Å². The minimum absolute atomic E-state index is 0.00645. The quantitative estimate of drug-likeness (QED) is 0.367. The molecule has 0 bridgehead atoms. The molecule has 2 rings (SSSR count). The van der Waals surface area contributed by atoms with Gasteiger partial charge in [-0.05, 0) is 30.7 Å². The third-order valence-corrected chi connectivity index (χ3v) is 4.40. The number of rotatable bonds is 12. The highest BCUT2D eigenvalue weighted by Crippen LogP contribution is 2.28. The van der Waals surface area contributed by atoms with E-state index >= 15 is 0 Å². The van der Waals surface area contributed by atoms with Gasteiger partial charge in [-0.25, -0.2) is 8.78 Å². The maximum absolute atomic E-state index is 13.6. The maximum atomic E-state index is 13.6. The smallest absolute Gasteiger partial charge is 0.484 e. The van der Waals surface area contributed by atoms with Gasteiger partial charge in [0.05, 0.1) is 11.1 Å². The number of carbonyl (C=O) groups is 2. The van der Waals surface area contributed by atoms with E-state index in [1.54, 1.807) is 0 Å². The van der Waals surface area contributed by atoms with E-state index in [2.05, 4.69) is 15.4 Å². The van der Waals surface area contributed by atoms with Gasteiger partial charge in [0, 0.05) is 25.2 Å². The van der Waals surface area contributed by atoms with Gasteiger partial charge in [-0.1, -0.05) is 11.6 Å². The van der Waals surface area contributed by atoms with Crippen molar-refractivity contribution in [2.45, 2.75) is 18.9 Å². The molecular formula is C21H20ClF5N2O6. The van der Waals surface area contributed by atoms with Gasteiger partial charge in [0.15, 0.2) is 24.8 Å². The summed E-state index contributed by atoms with van der Waals surface area (Å²) in [6.45, 7) is -1.12. The number of aliphatic hydroxyl groups is 1. The third-order valence-electron chi connectivity index (χ3n) is 4.09. The zero-order valence-corrected chi connectivity index (χ0v) is 18.6. The Bertz CT molecular complexity index is 1020. The Hall–Kier alpha value is -3.32. The Morgan fingerprint density at radius 1 is 0.943 bits per heavy atom. The molecule has 3 N–H and O–H groups in total. The Morgan fingerprint density at radius 3 is 2.09 bits per heavy atom. The van der Waals surface area contributed by atoms with Gasteiger partial charge in [-0.2, -0.15) is 0 Å². The fraction of sp³-hybridized carbons (Fsp3) is 0.333. The van der Waals surface area contributed by atoms with Crippen molar-refractivity contribution in [3.8, 4) is 17.2 Å². The summed E-state index contributed by atoms with van der Waals surface area (Å²) < 4.78 is 76.9. The van der Waals surface area contributed by atoms with Crippen LogP contribution < -0.4 is 24.8 Å². The van der Waals surface area contributed by atoms with Crippen LogP contribution in [0.15, 0.2) is 36.4 Å². The summed E-state index contributed by atoms with van der Waals surface area (Å²) in [5.41, 5.74) is 0. The van der Waals surface area contributed by atoms with Crippen LogP contribution in [0, 0.1) is 11.6 Å². The summed E-state index contributed by atoms with van der Waals surface area (Å²) in [7, 11) is 0. The molecule has 2 aromatic carbocycles. The molecule has 0 aliphatic carbocycles. The second kappa shape index (κ2) is 13.0. The number of hydrogen-bond acceptors (Lipinski definition) is 6. The van der Waals surface area contributed by atoms with E-state index in [-0.39, 0.29) is 36.0 Å². The molecule has 0 heterocycles. The summed E-state index contributed by atoms with van der Waals surface area (Å²) in [6.07, 6.45) is -6.00. The maximum Gasteiger partial charge on any atom is 0.573 e. The van der Waals surface area contributed by atoms with Crippen LogP contribution in [0.1, 0.15) is 6.42 Å². The highest BCUT2D eigenvalue weighted by molar-refractivity contribution is 6.30. The zero-order valence-electron chi connectivity index (χ0n) is 17.8. The summed E-state index contributed by atoms with van der Waals surface area (Å²) in [4.78, 5) is 23.5. The minimum Gasteiger partial charge on any atom is -0.484 e. The van der Waals surface area contributed by atoms with E-state index < -0.39 is 54.9 Å². The Labute approximate surface area is 200 Å². The normalized spacial score (nSPS) is 12.0. The molecule has 0 aliphatic heterocycles. The van der Waals surface area contributed by atoms with E-state index in [9.17, 15) is 36.6 Å². The van der Waals surface area contributed by atoms with Crippen LogP contribution in [0.3, 0.4) is 0 Å². The second-order valence-corrected chi connectivity index (χ2v) is 7.30. The van der Waals surface area contributed by atoms with E-state index in [0.717, 1.165) is 12.1 Å². The van der Waals surface area contributed by atoms with Crippen LogP contribution in [-0.4, -0.2) is 55.7 Å². The fourth-order valence-corrected chi connectivity index (χ4v) is 2.57. The molecule has 0 saturated heterocycles. The van der Waals surface area contributed by atoms with Crippen molar-refractivity contribution in [1.29, 1.82) is 0 Å². The van der Waals surface area contributed by atoms with Crippen molar-refractivity contribution in [3.05, 3.63) is 53.1 Å². The Morgan fingerprint density at radius 2 is 1.51 bits per heavy atom. The molecule has 2 amide bonds. The van der Waals surface area contributed by atoms with Gasteiger partial charge < -0.3 is 30.0 Å². The number of ether oxygens (including phenoxy) is 3. The highest BCUT2D eigenvalue weighted by atomic mass is 35.5. The van der Waals surface area contributed by atoms with Gasteiger partial charge in [0.25, 0.3) is 11.8 Å². The molecule has 0 radical (unpaired) electrons. The number of hydrogen-bond donors (Lipinski definition) is 3. The van der Waals surface area contributed by atoms with E-state index in [0.29, 0.717) is 12.1 Å². The fourth-order valence-electron chi connectivity index (χ4n) is 2.46. The predicted molar refractivity (Wildman–Crippen MR) is 112 cm³/mol. The lowest BCUT2D eigenvalue weighted by Gasteiger charge is -2.13. The first-order valence-corrected chi connectivity index (χ1v) is 10.3. The molecule has 192 valence electrons. The first-order chi connectivity index (χ1) is 16.4. The van der Waals surface area contributed by atoms with Crippen molar-refractivity contribution < 1.29 is 50.9 Å². The largest absolute Gasteiger partial charge is 0.573 e. The molecule has 0 fully saturated rings. The number of halogens is 6. The number of nitrogens with one attached hydrogen (secondary N) is 2. The highest BCUT2D eigenvalue weighted by Gasteiger charge is 2.32. The number of benzene rings is 2. The standard InChI is InChI=1S/C21H20ClF5N2O6/c22-15-3-1-13(7-16(15)23)34-11-20(32)29-9-12(30)5-6-28-19(31)10-33-14-2-4-18(17(24)8-14)35-21(25,26)27/h1-4,7-8,12,30H,5-6,9-11H2,(H,28,31)(H,29,32)/t12-/m0/s1. The molecule has 8 nitrogen and oxygen atoms in total. The molecule has 0 aromatic heterocycles. The third kappa shape index (κ3) is 10.6. The SMILES string of the molecule is O=C(COc1ccc(OC(F)(F)F)c(F)c1)NCC[C@H](O)CNC(=O)COc1ccc(Cl)c(F)c1. The van der Waals surface area contributed by atoms with Gasteiger partial charge in [-0.3, -0.25) is 9.59 Å². The molecule has 0 saturated carbocycles. The molecular weight excluding hydrogens is 507 g/mol. The van der Waals surface area contributed by atoms with Gasteiger partial charge >= 0.3 is 6.36 Å². The van der Waals surface area contributed by atoms with E-state index in [1.807, 2.05) is 0 Å². The molecule has 14 heteroatoms. The average molecular weight is 527 g/mol. The molecule has 2 aromatic rings. The number of carbonyl (C=O) groups excluding carboxylic acids is 2. The molecule has 1 atom stereocenters. The van der Waals surface area contributed by atoms with Crippen LogP contribution >= 0.6 is 11.6 Å². The number of alkyl halides is 3. The molecule has 35 heavy (non-hydrogen) atoms. The topological polar surface area (TPSA) is 106 Å². The van der Waals surface area contributed by atoms with Gasteiger partial charge in [0.1, 0.15) is 17.3 Å². The van der Waals surface area contributed by atoms with Crippen molar-refractivity contribution in [3.63, 3.8) is 0 Å². The van der Waals surface area contributed by atoms with E-state index in [4.69, 9.17) is 21.1 Å². The summed E-state index contributed by atoms with van der Waals surface area (Å²) in [6, 6.07) is 6.01. The monoisotopic (exact) mass is 526 g/mol. The lowest BCUT2D eigenvalue weighted by molar-refractivity contribution is -0.275. The second-order valence-electron chi connectivity index (χ2n) is 6.89. The summed E-state index contributed by atoms with van der Waals surface area (Å²) >= 11 is 5.54. The van der Waals surface area contributed by atoms with Crippen molar-refractivity contribution in [2.24, 2.45) is 0 Å². The van der Waals surface area contributed by atoms with E-state index in [1.165, 1.54) is 12.1 Å². The minimum atomic E-state index is -5.05. The Kier molecular flexibility index (Phi) is 10.3. The molecule has 0 aliphatic rings. The first-order valence-electron chi connectivity index (χ1n) is 9.90. The molecule has 0 unspecified atom stereocenters. The average Bonchev–Trinajstić information content (AvgIpc) is 2.78. The lowest BCUT2D eigenvalue weighted by Crippen LogP contribution is -2.37. The van der Waals surface area contributed by atoms with Crippen LogP contribution in [0.25, 0.3) is 0 Å². The zero-order chi connectivity index (χ0) is 26.0. The molecule has 0 spiro atoms. The first kappa shape index (κ1) is 27.9. The summed E-state index contributed by atoms with van der Waals surface area (Å²) in [5, 5.41) is 14.6. The van der Waals surface area contributed by atoms with Crippen LogP contribution in [-0.2, 0) is 9.59 Å². The van der Waals surface area contributed by atoms with Crippen molar-refractivity contribution in [1.82, 2.24) is 10.6 Å². The predicted octanol–water partition coefficient (Wildman–Crippen LogP) is 2.96. The number of amides is 2.